The van der Waals surface area contributed by atoms with Crippen molar-refractivity contribution in [2.75, 3.05) is 0 Å². The maximum atomic E-state index is 14.7. The Morgan fingerprint density at radius 2 is 0.795 bits per heavy atom. The molecule has 11 heteroatoms. The Morgan fingerprint density at radius 1 is 0.564 bits per heavy atom. The van der Waals surface area contributed by atoms with Crippen molar-refractivity contribution in [2.45, 2.75) is 25.2 Å². The van der Waals surface area contributed by atoms with Crippen LogP contribution in [0, 0.1) is 0 Å². The monoisotopic (exact) mass is 650 g/mol. The molecule has 39 heavy (non-hydrogen) atoms. The predicted octanol–water partition coefficient (Wildman–Crippen LogP) is 10.2. The molecule has 0 radical (unpaired) electrons. The number of benzene rings is 4. The van der Waals surface area contributed by atoms with Gasteiger partial charge in [-0.2, -0.15) is 0 Å². The zero-order valence-electron chi connectivity index (χ0n) is 21.0. The van der Waals surface area contributed by atoms with Crippen LogP contribution >= 0.6 is 35.6 Å². The van der Waals surface area contributed by atoms with E-state index in [9.17, 15) is 9.13 Å². The van der Waals surface area contributed by atoms with Gasteiger partial charge in [-0.05, 0) is 55.0 Å². The van der Waals surface area contributed by atoms with E-state index in [0.717, 1.165) is 0 Å². The fourth-order valence-corrected chi connectivity index (χ4v) is 8.87. The molecule has 0 fully saturated rings. The summed E-state index contributed by atoms with van der Waals surface area (Å²) >= 11 is 0.569. The van der Waals surface area contributed by atoms with Crippen molar-refractivity contribution in [2.24, 2.45) is 0 Å². The van der Waals surface area contributed by atoms with Crippen LogP contribution in [-0.2, 0) is 21.8 Å². The standard InChI is InChI=1S/C28H28O6P2.2ClH.Ni/c1-2-15-28(35(29,31-24-16-7-3-8-17-24)32-25-18-9-4-10-19-25)36(30,33-26-20-11-5-12-21-26)34-27-22-13-6-14-23-27;;;/h3-14,16-23,28H,2,15H2,1H3;2*1H;/q;;;+2/p-2. The molecule has 0 aromatic heterocycles. The Kier molecular flexibility index (Phi) is 12.8. The summed E-state index contributed by atoms with van der Waals surface area (Å²) in [5.74, 6) is 1.29. The number of hydrogen-bond donors (Lipinski definition) is 0. The molecule has 4 rings (SSSR count). The Morgan fingerprint density at radius 3 is 1.00 bits per heavy atom. The molecule has 4 aromatic carbocycles. The van der Waals surface area contributed by atoms with Gasteiger partial charge >= 0.3 is 48.2 Å². The Hall–Kier alpha value is -2.39. The SMILES string of the molecule is CCCC(P(=O)(Oc1ccccc1)Oc1ccccc1)P(=O)(Oc1ccccc1)Oc1ccccc1.[Cl][Ni][Cl]. The number of halogens is 2. The van der Waals surface area contributed by atoms with Crippen LogP contribution in [0.1, 0.15) is 19.8 Å². The van der Waals surface area contributed by atoms with Gasteiger partial charge in [0.15, 0.2) is 0 Å². The first-order valence-electron chi connectivity index (χ1n) is 11.9. The van der Waals surface area contributed by atoms with Crippen LogP contribution in [0.25, 0.3) is 0 Å². The zero-order chi connectivity index (χ0) is 28.0. The fourth-order valence-electron chi connectivity index (χ4n) is 3.54. The summed E-state index contributed by atoms with van der Waals surface area (Å²) in [4.78, 5) is 0. The molecule has 0 aliphatic rings. The minimum absolute atomic E-state index is 0.202. The van der Waals surface area contributed by atoms with E-state index in [0.29, 0.717) is 42.1 Å². The van der Waals surface area contributed by atoms with Crippen molar-refractivity contribution in [3.8, 4) is 23.0 Å². The third-order valence-electron chi connectivity index (χ3n) is 5.18. The summed E-state index contributed by atoms with van der Waals surface area (Å²) in [5, 5.41) is -1.23. The first-order valence-corrected chi connectivity index (χ1v) is 17.9. The van der Waals surface area contributed by atoms with Gasteiger partial charge in [-0.25, -0.2) is 9.13 Å². The summed E-state index contributed by atoms with van der Waals surface area (Å²) in [6.07, 6.45) is 0.735. The topological polar surface area (TPSA) is 71.1 Å². The van der Waals surface area contributed by atoms with E-state index in [1.54, 1.807) is 97.1 Å². The quantitative estimate of drug-likeness (QED) is 0.112. The number of rotatable bonds is 12. The molecule has 0 atom stereocenters. The molecule has 0 aliphatic heterocycles. The molecular weight excluding hydrogens is 624 g/mol. The minimum atomic E-state index is -4.20. The van der Waals surface area contributed by atoms with Gasteiger partial charge < -0.3 is 18.1 Å². The number of hydrogen-bond acceptors (Lipinski definition) is 6. The van der Waals surface area contributed by atoms with Crippen molar-refractivity contribution in [1.82, 2.24) is 0 Å². The van der Waals surface area contributed by atoms with Gasteiger partial charge in [-0.1, -0.05) is 86.1 Å². The Labute approximate surface area is 244 Å². The van der Waals surface area contributed by atoms with E-state index < -0.39 is 20.6 Å². The van der Waals surface area contributed by atoms with E-state index in [2.05, 4.69) is 0 Å². The summed E-state index contributed by atoms with van der Waals surface area (Å²) in [5.41, 5.74) is 0. The molecule has 6 nitrogen and oxygen atoms in total. The molecule has 4 aromatic rings. The third-order valence-corrected chi connectivity index (χ3v) is 10.7. The third kappa shape index (κ3) is 9.64. The van der Waals surface area contributed by atoms with Gasteiger partial charge in [0, 0.05) is 0 Å². The van der Waals surface area contributed by atoms with Crippen LogP contribution < -0.4 is 18.1 Å². The molecule has 0 saturated carbocycles. The van der Waals surface area contributed by atoms with E-state index in [1.165, 1.54) is 0 Å². The Bertz CT molecular complexity index is 1140. The second-order valence-electron chi connectivity index (χ2n) is 8.01. The van der Waals surface area contributed by atoms with Gasteiger partial charge in [0.25, 0.3) is 0 Å². The van der Waals surface area contributed by atoms with Crippen LogP contribution in [0.5, 0.6) is 23.0 Å². The molecular formula is C28H28Cl2NiO6P2. The van der Waals surface area contributed by atoms with E-state index >= 15 is 0 Å². The normalized spacial score (nSPS) is 11.3. The van der Waals surface area contributed by atoms with Gasteiger partial charge in [0.2, 0.25) is 5.40 Å². The van der Waals surface area contributed by atoms with Crippen molar-refractivity contribution in [3.05, 3.63) is 121 Å². The van der Waals surface area contributed by atoms with Crippen molar-refractivity contribution < 1.29 is 39.9 Å². The molecule has 0 spiro atoms. The molecule has 0 saturated heterocycles. The summed E-state index contributed by atoms with van der Waals surface area (Å²) < 4.78 is 53.6. The summed E-state index contributed by atoms with van der Waals surface area (Å²) in [6, 6.07) is 34.7. The van der Waals surface area contributed by atoms with E-state index in [1.807, 2.05) is 31.2 Å². The van der Waals surface area contributed by atoms with Crippen LogP contribution in [0.4, 0.5) is 0 Å². The second-order valence-corrected chi connectivity index (χ2v) is 14.2. The molecule has 0 amide bonds. The average molecular weight is 652 g/mol. The molecule has 0 unspecified atom stereocenters. The first-order chi connectivity index (χ1) is 18.9. The second kappa shape index (κ2) is 16.0. The zero-order valence-corrected chi connectivity index (χ0v) is 25.2. The molecule has 0 bridgehead atoms. The summed E-state index contributed by atoms with van der Waals surface area (Å²) in [6.45, 7) is 1.90. The predicted molar refractivity (Wildman–Crippen MR) is 154 cm³/mol. The molecule has 0 aliphatic carbocycles. The van der Waals surface area contributed by atoms with Crippen LogP contribution in [0.3, 0.4) is 0 Å². The maximum absolute atomic E-state index is 14.7. The van der Waals surface area contributed by atoms with Crippen molar-refractivity contribution in [3.63, 3.8) is 0 Å². The van der Waals surface area contributed by atoms with Crippen LogP contribution in [0.15, 0.2) is 121 Å². The van der Waals surface area contributed by atoms with Crippen LogP contribution in [-0.4, -0.2) is 5.40 Å². The molecule has 210 valence electrons. The van der Waals surface area contributed by atoms with E-state index in [4.69, 9.17) is 38.5 Å². The van der Waals surface area contributed by atoms with Gasteiger partial charge in [0.05, 0.1) is 0 Å². The van der Waals surface area contributed by atoms with Crippen LogP contribution in [0.2, 0.25) is 0 Å². The average Bonchev–Trinajstić information content (AvgIpc) is 2.94. The van der Waals surface area contributed by atoms with Gasteiger partial charge in [0.1, 0.15) is 23.0 Å². The van der Waals surface area contributed by atoms with Gasteiger partial charge in [-0.15, -0.1) is 0 Å². The fraction of sp³-hybridized carbons (Fsp3) is 0.143. The van der Waals surface area contributed by atoms with Crippen molar-refractivity contribution in [1.29, 1.82) is 0 Å². The molecule has 0 heterocycles. The Balaban J connectivity index is 0.00000134. The van der Waals surface area contributed by atoms with Gasteiger partial charge in [-0.3, -0.25) is 0 Å². The molecule has 0 N–H and O–H groups in total. The summed E-state index contributed by atoms with van der Waals surface area (Å²) in [7, 11) is 1.01. The van der Waals surface area contributed by atoms with Crippen molar-refractivity contribution >= 4 is 35.6 Å². The van der Waals surface area contributed by atoms with E-state index in [-0.39, 0.29) is 6.42 Å². The first kappa shape index (κ1) is 31.1. The number of para-hydroxylation sites is 4.